The van der Waals surface area contributed by atoms with Crippen molar-refractivity contribution in [3.63, 3.8) is 0 Å². The largest absolute Gasteiger partial charge is 0.461 e. The summed E-state index contributed by atoms with van der Waals surface area (Å²) in [6.07, 6.45) is 9.74. The number of carbonyl (C=O) groups is 1. The maximum atomic E-state index is 12.5. The van der Waals surface area contributed by atoms with Gasteiger partial charge in [0.05, 0.1) is 12.2 Å². The topological polar surface area (TPSA) is 66.8 Å². The summed E-state index contributed by atoms with van der Waals surface area (Å²) in [6, 6.07) is 9.83. The standard InChI is InChI=1S/C31H46O4/c1-20(12-15-28(34)35-19-21-9-5-4-6-10-21)23-13-14-24-29-25(18-27(33)31(23,24)3)30(2)16-8-7-11-22(30)17-26(29)32/h4-6,9-10,20,22-27,29,32-33H,7-8,11-19H2,1-3H3. The van der Waals surface area contributed by atoms with Gasteiger partial charge in [0.15, 0.2) is 0 Å². The molecule has 0 aromatic heterocycles. The van der Waals surface area contributed by atoms with Gasteiger partial charge in [-0.15, -0.1) is 0 Å². The minimum absolute atomic E-state index is 0.136. The Kier molecular flexibility index (Phi) is 7.09. The molecule has 4 fully saturated rings. The first kappa shape index (κ1) is 25.3. The average Bonchev–Trinajstić information content (AvgIpc) is 3.21. The van der Waals surface area contributed by atoms with Crippen molar-refractivity contribution in [2.75, 3.05) is 0 Å². The molecule has 1 aromatic rings. The van der Waals surface area contributed by atoms with E-state index in [0.717, 1.165) is 37.7 Å². The molecule has 10 atom stereocenters. The number of hydrogen-bond acceptors (Lipinski definition) is 4. The quantitative estimate of drug-likeness (QED) is 0.478. The smallest absolute Gasteiger partial charge is 0.306 e. The number of aliphatic hydroxyl groups is 2. The van der Waals surface area contributed by atoms with E-state index in [1.165, 1.54) is 25.7 Å². The fourth-order valence-electron chi connectivity index (χ4n) is 9.54. The Morgan fingerprint density at radius 2 is 1.83 bits per heavy atom. The van der Waals surface area contributed by atoms with Crippen LogP contribution in [0.15, 0.2) is 30.3 Å². The predicted octanol–water partition coefficient (Wildman–Crippen LogP) is 6.14. The molecule has 0 saturated heterocycles. The molecular weight excluding hydrogens is 436 g/mol. The number of rotatable bonds is 6. The molecule has 10 unspecified atom stereocenters. The van der Waals surface area contributed by atoms with Crippen molar-refractivity contribution in [1.29, 1.82) is 0 Å². The summed E-state index contributed by atoms with van der Waals surface area (Å²) in [5, 5.41) is 23.1. The van der Waals surface area contributed by atoms with E-state index in [1.807, 2.05) is 30.3 Å². The first-order valence-electron chi connectivity index (χ1n) is 14.3. The lowest BCUT2D eigenvalue weighted by atomic mass is 9.43. The molecule has 0 spiro atoms. The third-order valence-corrected chi connectivity index (χ3v) is 11.5. The number of aliphatic hydroxyl groups excluding tert-OH is 2. The van der Waals surface area contributed by atoms with Gasteiger partial charge < -0.3 is 14.9 Å². The van der Waals surface area contributed by atoms with Gasteiger partial charge in [-0.25, -0.2) is 0 Å². The van der Waals surface area contributed by atoms with E-state index in [-0.39, 0.29) is 29.0 Å². The van der Waals surface area contributed by atoms with E-state index in [4.69, 9.17) is 4.74 Å². The van der Waals surface area contributed by atoms with Gasteiger partial charge in [-0.1, -0.05) is 63.9 Å². The van der Waals surface area contributed by atoms with E-state index in [1.54, 1.807) is 0 Å². The summed E-state index contributed by atoms with van der Waals surface area (Å²) in [5.74, 6) is 2.34. The molecule has 4 aliphatic carbocycles. The fraction of sp³-hybridized carbons (Fsp3) is 0.774. The third-order valence-electron chi connectivity index (χ3n) is 11.5. The zero-order valence-corrected chi connectivity index (χ0v) is 22.0. The number of benzene rings is 1. The van der Waals surface area contributed by atoms with Gasteiger partial charge in [-0.05, 0) is 96.8 Å². The molecule has 0 aliphatic heterocycles. The first-order valence-corrected chi connectivity index (χ1v) is 14.3. The van der Waals surface area contributed by atoms with E-state index in [9.17, 15) is 15.0 Å². The van der Waals surface area contributed by atoms with Crippen LogP contribution in [0.5, 0.6) is 0 Å². The monoisotopic (exact) mass is 482 g/mol. The molecule has 0 heterocycles. The lowest BCUT2D eigenvalue weighted by Crippen LogP contribution is -2.61. The first-order chi connectivity index (χ1) is 16.7. The highest BCUT2D eigenvalue weighted by atomic mass is 16.5. The predicted molar refractivity (Wildman–Crippen MR) is 137 cm³/mol. The van der Waals surface area contributed by atoms with Crippen molar-refractivity contribution < 1.29 is 19.7 Å². The minimum atomic E-state index is -0.321. The summed E-state index contributed by atoms with van der Waals surface area (Å²) in [7, 11) is 0. The highest BCUT2D eigenvalue weighted by Crippen LogP contribution is 2.68. The lowest BCUT2D eigenvalue weighted by Gasteiger charge is -2.63. The van der Waals surface area contributed by atoms with Crippen LogP contribution in [0.25, 0.3) is 0 Å². The van der Waals surface area contributed by atoms with Crippen molar-refractivity contribution in [3.8, 4) is 0 Å². The zero-order valence-electron chi connectivity index (χ0n) is 22.0. The summed E-state index contributed by atoms with van der Waals surface area (Å²) in [4.78, 5) is 12.5. The SMILES string of the molecule is CC(CCC(=O)OCc1ccccc1)C1CCC2C3C(O)CC4CCCCC4(C)C3CC(O)C12C. The van der Waals surface area contributed by atoms with Gasteiger partial charge >= 0.3 is 5.97 Å². The molecule has 4 aliphatic rings. The molecule has 4 nitrogen and oxygen atoms in total. The van der Waals surface area contributed by atoms with Gasteiger partial charge in [-0.3, -0.25) is 4.79 Å². The highest BCUT2D eigenvalue weighted by Gasteiger charge is 2.65. The van der Waals surface area contributed by atoms with Crippen molar-refractivity contribution in [3.05, 3.63) is 35.9 Å². The summed E-state index contributed by atoms with van der Waals surface area (Å²) < 4.78 is 5.52. The van der Waals surface area contributed by atoms with Crippen LogP contribution >= 0.6 is 0 Å². The second-order valence-electron chi connectivity index (χ2n) is 13.0. The van der Waals surface area contributed by atoms with E-state index in [2.05, 4.69) is 20.8 Å². The van der Waals surface area contributed by atoms with Crippen LogP contribution in [0, 0.1) is 46.3 Å². The number of hydrogen-bond donors (Lipinski definition) is 2. The van der Waals surface area contributed by atoms with Crippen LogP contribution in [-0.2, 0) is 16.1 Å². The van der Waals surface area contributed by atoms with Crippen LogP contribution in [0.2, 0.25) is 0 Å². The maximum absolute atomic E-state index is 12.5. The van der Waals surface area contributed by atoms with E-state index in [0.29, 0.717) is 48.5 Å². The van der Waals surface area contributed by atoms with Crippen LogP contribution in [0.1, 0.15) is 90.5 Å². The summed E-state index contributed by atoms with van der Waals surface area (Å²) in [5.41, 5.74) is 1.11. The van der Waals surface area contributed by atoms with Crippen LogP contribution in [0.4, 0.5) is 0 Å². The van der Waals surface area contributed by atoms with Gasteiger partial charge in [0, 0.05) is 6.42 Å². The number of esters is 1. The number of fused-ring (bicyclic) bond motifs is 5. The molecule has 0 amide bonds. The molecule has 35 heavy (non-hydrogen) atoms. The Balaban J connectivity index is 1.24. The number of ether oxygens (including phenoxy) is 1. The highest BCUT2D eigenvalue weighted by molar-refractivity contribution is 5.69. The normalized spacial score (nSPS) is 43.5. The summed E-state index contributed by atoms with van der Waals surface area (Å²) >= 11 is 0. The molecule has 0 radical (unpaired) electrons. The fourth-order valence-corrected chi connectivity index (χ4v) is 9.54. The van der Waals surface area contributed by atoms with E-state index < -0.39 is 0 Å². The lowest BCUT2D eigenvalue weighted by molar-refractivity contribution is -0.201. The van der Waals surface area contributed by atoms with E-state index >= 15 is 0 Å². The van der Waals surface area contributed by atoms with Gasteiger partial charge in [0.1, 0.15) is 6.61 Å². The Bertz CT molecular complexity index is 885. The Morgan fingerprint density at radius 1 is 1.06 bits per heavy atom. The second kappa shape index (κ2) is 9.82. The van der Waals surface area contributed by atoms with Crippen molar-refractivity contribution in [2.45, 2.75) is 104 Å². The molecule has 5 rings (SSSR count). The van der Waals surface area contributed by atoms with Gasteiger partial charge in [0.25, 0.3) is 0 Å². The Hall–Kier alpha value is -1.39. The molecule has 4 saturated carbocycles. The maximum Gasteiger partial charge on any atom is 0.306 e. The molecular formula is C31H46O4. The zero-order chi connectivity index (χ0) is 24.8. The third kappa shape index (κ3) is 4.37. The second-order valence-corrected chi connectivity index (χ2v) is 13.0. The average molecular weight is 483 g/mol. The molecule has 4 heteroatoms. The minimum Gasteiger partial charge on any atom is -0.461 e. The molecule has 1 aromatic carbocycles. The molecule has 194 valence electrons. The molecule has 0 bridgehead atoms. The Labute approximate surface area is 211 Å². The van der Waals surface area contributed by atoms with Crippen LogP contribution in [-0.4, -0.2) is 28.4 Å². The number of carbonyl (C=O) groups excluding carboxylic acids is 1. The van der Waals surface area contributed by atoms with Crippen molar-refractivity contribution in [2.24, 2.45) is 46.3 Å². The van der Waals surface area contributed by atoms with Crippen molar-refractivity contribution in [1.82, 2.24) is 0 Å². The van der Waals surface area contributed by atoms with Gasteiger partial charge in [-0.2, -0.15) is 0 Å². The van der Waals surface area contributed by atoms with Gasteiger partial charge in [0.2, 0.25) is 0 Å². The van der Waals surface area contributed by atoms with Crippen molar-refractivity contribution >= 4 is 5.97 Å². The summed E-state index contributed by atoms with van der Waals surface area (Å²) in [6.45, 7) is 7.38. The molecule has 2 N–H and O–H groups in total. The Morgan fingerprint density at radius 3 is 2.60 bits per heavy atom. The van der Waals surface area contributed by atoms with Crippen LogP contribution < -0.4 is 0 Å². The van der Waals surface area contributed by atoms with Crippen LogP contribution in [0.3, 0.4) is 0 Å².